The van der Waals surface area contributed by atoms with Gasteiger partial charge >= 0.3 is 0 Å². The van der Waals surface area contributed by atoms with Crippen LogP contribution in [0.3, 0.4) is 0 Å². The number of sulfone groups is 1. The molecule has 0 aliphatic heterocycles. The van der Waals surface area contributed by atoms with E-state index < -0.39 is 21.5 Å². The van der Waals surface area contributed by atoms with Crippen molar-refractivity contribution < 1.29 is 13.2 Å². The maximum Gasteiger partial charge on any atom is 0.241 e. The van der Waals surface area contributed by atoms with Gasteiger partial charge in [-0.15, -0.1) is 0 Å². The summed E-state index contributed by atoms with van der Waals surface area (Å²) in [7, 11) is -3.75. The maximum atomic E-state index is 12.2. The lowest BCUT2D eigenvalue weighted by Gasteiger charge is -2.04. The van der Waals surface area contributed by atoms with Gasteiger partial charge in [-0.05, 0) is 42.5 Å². The fraction of sp³-hybridized carbons (Fsp3) is 0.0667. The summed E-state index contributed by atoms with van der Waals surface area (Å²) in [5.74, 6) is -1.33. The van der Waals surface area contributed by atoms with Crippen LogP contribution >= 0.6 is 34.5 Å². The fourth-order valence-electron chi connectivity index (χ4n) is 2.01. The Morgan fingerprint density at radius 2 is 1.75 bits per heavy atom. The zero-order chi connectivity index (χ0) is 17.3. The Balaban J connectivity index is 1.75. The number of anilines is 1. The van der Waals surface area contributed by atoms with Gasteiger partial charge in [-0.2, -0.15) is 0 Å². The molecular formula is C15H10Cl2N2O3S2. The van der Waals surface area contributed by atoms with Crippen LogP contribution in [-0.2, 0) is 14.6 Å². The minimum Gasteiger partial charge on any atom is -0.301 e. The molecule has 5 nitrogen and oxygen atoms in total. The number of benzene rings is 2. The first-order valence-corrected chi connectivity index (χ1v) is 9.90. The lowest BCUT2D eigenvalue weighted by atomic mass is 10.3. The summed E-state index contributed by atoms with van der Waals surface area (Å²) in [5.41, 5.74) is 0.681. The highest BCUT2D eigenvalue weighted by molar-refractivity contribution is 7.92. The molecule has 0 saturated heterocycles. The summed E-state index contributed by atoms with van der Waals surface area (Å²) in [6.07, 6.45) is 0. The summed E-state index contributed by atoms with van der Waals surface area (Å²) in [6.45, 7) is 0. The lowest BCUT2D eigenvalue weighted by Crippen LogP contribution is -2.22. The van der Waals surface area contributed by atoms with Crippen molar-refractivity contribution >= 4 is 65.6 Å². The predicted molar refractivity (Wildman–Crippen MR) is 96.8 cm³/mol. The number of thiazole rings is 1. The molecule has 0 atom stereocenters. The minimum absolute atomic E-state index is 0.0399. The number of amides is 1. The van der Waals surface area contributed by atoms with Crippen LogP contribution in [-0.4, -0.2) is 25.1 Å². The number of nitrogens with one attached hydrogen (secondary N) is 1. The Bertz CT molecular complexity index is 1010. The number of carbonyl (C=O) groups excluding carboxylic acids is 1. The molecule has 1 aromatic heterocycles. The second kappa shape index (κ2) is 6.68. The summed E-state index contributed by atoms with van der Waals surface area (Å²) in [4.78, 5) is 16.3. The molecule has 124 valence electrons. The Kier molecular flexibility index (Phi) is 4.78. The molecule has 0 unspecified atom stereocenters. The standard InChI is InChI=1S/C15H10Cl2N2O3S2/c16-9-1-4-11(5-2-9)24(21,22)8-14(20)19-15-18-12-6-3-10(17)7-13(12)23-15/h1-7H,8H2,(H,18,19,20). The first kappa shape index (κ1) is 17.2. The Labute approximate surface area is 152 Å². The van der Waals surface area contributed by atoms with Gasteiger partial charge in [0.25, 0.3) is 0 Å². The van der Waals surface area contributed by atoms with E-state index >= 15 is 0 Å². The highest BCUT2D eigenvalue weighted by atomic mass is 35.5. The van der Waals surface area contributed by atoms with Crippen molar-refractivity contribution in [3.8, 4) is 0 Å². The molecule has 3 rings (SSSR count). The molecule has 1 amide bonds. The number of aromatic nitrogens is 1. The Morgan fingerprint density at radius 1 is 1.08 bits per heavy atom. The van der Waals surface area contributed by atoms with Gasteiger partial charge in [-0.1, -0.05) is 34.5 Å². The summed E-state index contributed by atoms with van der Waals surface area (Å²) < 4.78 is 25.2. The average Bonchev–Trinajstić information content (AvgIpc) is 2.88. The molecule has 1 heterocycles. The van der Waals surface area contributed by atoms with Crippen LogP contribution in [0.25, 0.3) is 10.2 Å². The van der Waals surface area contributed by atoms with Crippen molar-refractivity contribution in [2.75, 3.05) is 11.1 Å². The molecule has 2 aromatic carbocycles. The molecule has 24 heavy (non-hydrogen) atoms. The predicted octanol–water partition coefficient (Wildman–Crippen LogP) is 4.02. The molecule has 0 aliphatic rings. The third-order valence-electron chi connectivity index (χ3n) is 3.09. The van der Waals surface area contributed by atoms with Gasteiger partial charge in [-0.3, -0.25) is 4.79 Å². The Hall–Kier alpha value is -1.67. The van der Waals surface area contributed by atoms with E-state index in [1.807, 2.05) is 0 Å². The quantitative estimate of drug-likeness (QED) is 0.717. The van der Waals surface area contributed by atoms with Crippen molar-refractivity contribution in [2.45, 2.75) is 4.90 Å². The smallest absolute Gasteiger partial charge is 0.241 e. The SMILES string of the molecule is O=C(CS(=O)(=O)c1ccc(Cl)cc1)Nc1nc2ccc(Cl)cc2s1. The van der Waals surface area contributed by atoms with Crippen LogP contribution in [0.15, 0.2) is 47.4 Å². The summed E-state index contributed by atoms with van der Waals surface area (Å²) in [5, 5.41) is 3.82. The second-order valence-electron chi connectivity index (χ2n) is 4.89. The maximum absolute atomic E-state index is 12.2. The van der Waals surface area contributed by atoms with Crippen molar-refractivity contribution in [3.05, 3.63) is 52.5 Å². The van der Waals surface area contributed by atoms with E-state index in [0.29, 0.717) is 20.7 Å². The lowest BCUT2D eigenvalue weighted by molar-refractivity contribution is -0.113. The third-order valence-corrected chi connectivity index (χ3v) is 6.14. The average molecular weight is 401 g/mol. The van der Waals surface area contributed by atoms with Crippen molar-refractivity contribution in [1.82, 2.24) is 4.98 Å². The fourth-order valence-corrected chi connectivity index (χ4v) is 4.42. The Morgan fingerprint density at radius 3 is 2.46 bits per heavy atom. The van der Waals surface area contributed by atoms with Crippen LogP contribution < -0.4 is 5.32 Å². The first-order chi connectivity index (χ1) is 11.3. The normalized spacial score (nSPS) is 11.6. The molecule has 0 bridgehead atoms. The van der Waals surface area contributed by atoms with Gasteiger partial charge in [0.15, 0.2) is 15.0 Å². The van der Waals surface area contributed by atoms with E-state index in [9.17, 15) is 13.2 Å². The van der Waals surface area contributed by atoms with Gasteiger partial charge in [0.05, 0.1) is 15.1 Å². The molecule has 0 radical (unpaired) electrons. The number of carbonyl (C=O) groups is 1. The van der Waals surface area contributed by atoms with E-state index in [1.54, 1.807) is 18.2 Å². The van der Waals surface area contributed by atoms with Crippen LogP contribution in [0.5, 0.6) is 0 Å². The molecular weight excluding hydrogens is 391 g/mol. The molecule has 0 spiro atoms. The topological polar surface area (TPSA) is 76.1 Å². The molecule has 0 aliphatic carbocycles. The molecule has 3 aromatic rings. The van der Waals surface area contributed by atoms with Gasteiger partial charge in [0.1, 0.15) is 5.75 Å². The van der Waals surface area contributed by atoms with E-state index in [-0.39, 0.29) is 4.90 Å². The number of rotatable bonds is 4. The van der Waals surface area contributed by atoms with Gasteiger partial charge < -0.3 is 5.32 Å². The van der Waals surface area contributed by atoms with Crippen molar-refractivity contribution in [3.63, 3.8) is 0 Å². The highest BCUT2D eigenvalue weighted by Crippen LogP contribution is 2.28. The van der Waals surface area contributed by atoms with Crippen molar-refractivity contribution in [1.29, 1.82) is 0 Å². The van der Waals surface area contributed by atoms with Gasteiger partial charge in [-0.25, -0.2) is 13.4 Å². The number of hydrogen-bond donors (Lipinski definition) is 1. The van der Waals surface area contributed by atoms with Crippen LogP contribution in [0, 0.1) is 0 Å². The number of nitrogens with zero attached hydrogens (tertiary/aromatic N) is 1. The largest absolute Gasteiger partial charge is 0.301 e. The molecule has 9 heteroatoms. The van der Waals surface area contributed by atoms with Crippen LogP contribution in [0.2, 0.25) is 10.0 Å². The molecule has 0 fully saturated rings. The number of fused-ring (bicyclic) bond motifs is 1. The summed E-state index contributed by atoms with van der Waals surface area (Å²) in [6, 6.07) is 10.8. The van der Waals surface area contributed by atoms with Crippen LogP contribution in [0.1, 0.15) is 0 Å². The zero-order valence-corrected chi connectivity index (χ0v) is 15.1. The van der Waals surface area contributed by atoms with E-state index in [1.165, 1.54) is 35.6 Å². The second-order valence-corrected chi connectivity index (χ2v) is 8.79. The number of halogens is 2. The van der Waals surface area contributed by atoms with Crippen molar-refractivity contribution in [2.24, 2.45) is 0 Å². The van der Waals surface area contributed by atoms with E-state index in [2.05, 4.69) is 10.3 Å². The third kappa shape index (κ3) is 3.87. The van der Waals surface area contributed by atoms with Gasteiger partial charge in [0.2, 0.25) is 5.91 Å². The molecule has 0 saturated carbocycles. The minimum atomic E-state index is -3.75. The highest BCUT2D eigenvalue weighted by Gasteiger charge is 2.20. The number of hydrogen-bond acceptors (Lipinski definition) is 5. The zero-order valence-electron chi connectivity index (χ0n) is 12.0. The van der Waals surface area contributed by atoms with E-state index in [4.69, 9.17) is 23.2 Å². The van der Waals surface area contributed by atoms with Crippen LogP contribution in [0.4, 0.5) is 5.13 Å². The summed E-state index contributed by atoms with van der Waals surface area (Å²) >= 11 is 12.9. The molecule has 1 N–H and O–H groups in total. The monoisotopic (exact) mass is 400 g/mol. The van der Waals surface area contributed by atoms with E-state index in [0.717, 1.165) is 4.70 Å². The van der Waals surface area contributed by atoms with Gasteiger partial charge in [0, 0.05) is 10.0 Å². The first-order valence-electron chi connectivity index (χ1n) is 6.68.